The number of terminal acetylenes is 1. The summed E-state index contributed by atoms with van der Waals surface area (Å²) >= 11 is 3.26. The van der Waals surface area contributed by atoms with Crippen molar-refractivity contribution in [1.82, 2.24) is 0 Å². The van der Waals surface area contributed by atoms with Crippen LogP contribution < -0.4 is 5.32 Å². The number of hydrogen-bond donors (Lipinski definition) is 1. The first-order chi connectivity index (χ1) is 5.74. The molecule has 1 rings (SSSR count). The van der Waals surface area contributed by atoms with Crippen LogP contribution in [-0.4, -0.2) is 6.54 Å². The maximum absolute atomic E-state index is 12.7. The number of anilines is 1. The van der Waals surface area contributed by atoms with E-state index in [4.69, 9.17) is 6.42 Å². The highest BCUT2D eigenvalue weighted by Crippen LogP contribution is 2.22. The van der Waals surface area contributed by atoms with E-state index in [-0.39, 0.29) is 5.82 Å². The molecular formula is C9H7BrFN. The quantitative estimate of drug-likeness (QED) is 0.767. The average molecular weight is 228 g/mol. The molecule has 0 unspecified atom stereocenters. The molecule has 0 aromatic heterocycles. The minimum Gasteiger partial charge on any atom is -0.373 e. The highest BCUT2D eigenvalue weighted by molar-refractivity contribution is 9.10. The third kappa shape index (κ3) is 2.24. The second-order valence-corrected chi connectivity index (χ2v) is 3.04. The second-order valence-electron chi connectivity index (χ2n) is 2.18. The van der Waals surface area contributed by atoms with Gasteiger partial charge in [-0.2, -0.15) is 0 Å². The largest absolute Gasteiger partial charge is 0.373 e. The summed E-state index contributed by atoms with van der Waals surface area (Å²) in [6.07, 6.45) is 5.04. The molecular weight excluding hydrogens is 221 g/mol. The Balaban J connectivity index is 2.84. The summed E-state index contributed by atoms with van der Waals surface area (Å²) in [6.45, 7) is 0.391. The van der Waals surface area contributed by atoms with E-state index in [2.05, 4.69) is 27.2 Å². The molecule has 0 fully saturated rings. The normalized spacial score (nSPS) is 9.08. The summed E-state index contributed by atoms with van der Waals surface area (Å²) < 4.78 is 13.5. The Morgan fingerprint density at radius 1 is 1.58 bits per heavy atom. The van der Waals surface area contributed by atoms with Crippen LogP contribution in [0.1, 0.15) is 0 Å². The van der Waals surface area contributed by atoms with Gasteiger partial charge in [-0.25, -0.2) is 4.39 Å². The minimum absolute atomic E-state index is 0.280. The molecule has 0 aliphatic heterocycles. The van der Waals surface area contributed by atoms with Crippen LogP contribution in [0.15, 0.2) is 22.7 Å². The third-order valence-corrected chi connectivity index (χ3v) is 2.00. The summed E-state index contributed by atoms with van der Waals surface area (Å²) in [5.41, 5.74) is 0.674. The van der Waals surface area contributed by atoms with Gasteiger partial charge in [0.2, 0.25) is 0 Å². The van der Waals surface area contributed by atoms with Crippen LogP contribution in [0, 0.1) is 18.2 Å². The fourth-order valence-corrected chi connectivity index (χ4v) is 1.17. The zero-order chi connectivity index (χ0) is 8.97. The third-order valence-electron chi connectivity index (χ3n) is 1.31. The molecule has 0 bridgehead atoms. The zero-order valence-electron chi connectivity index (χ0n) is 6.27. The topological polar surface area (TPSA) is 12.0 Å². The Labute approximate surface area is 79.1 Å². The molecule has 3 heteroatoms. The second kappa shape index (κ2) is 4.13. The van der Waals surface area contributed by atoms with Crippen molar-refractivity contribution in [3.63, 3.8) is 0 Å². The van der Waals surface area contributed by atoms with Crippen LogP contribution in [-0.2, 0) is 0 Å². The monoisotopic (exact) mass is 227 g/mol. The number of halogens is 2. The molecule has 0 spiro atoms. The first-order valence-electron chi connectivity index (χ1n) is 3.36. The Kier molecular flexibility index (Phi) is 3.12. The molecule has 1 N–H and O–H groups in total. The maximum atomic E-state index is 12.7. The van der Waals surface area contributed by atoms with Crippen molar-refractivity contribution in [2.45, 2.75) is 0 Å². The first-order valence-corrected chi connectivity index (χ1v) is 4.15. The van der Waals surface area contributed by atoms with Crippen LogP contribution in [0.5, 0.6) is 0 Å². The molecule has 0 aliphatic carbocycles. The van der Waals surface area contributed by atoms with E-state index < -0.39 is 0 Å². The molecule has 1 aromatic rings. The number of hydrogen-bond acceptors (Lipinski definition) is 1. The van der Waals surface area contributed by atoms with Crippen molar-refractivity contribution >= 4 is 21.6 Å². The number of rotatable bonds is 2. The lowest BCUT2D eigenvalue weighted by atomic mass is 10.3. The lowest BCUT2D eigenvalue weighted by molar-refractivity contribution is 0.628. The van der Waals surface area contributed by atoms with Gasteiger partial charge in [0.1, 0.15) is 5.82 Å². The predicted octanol–water partition coefficient (Wildman–Crippen LogP) is 2.63. The Hall–Kier alpha value is -1.01. The van der Waals surface area contributed by atoms with Gasteiger partial charge in [0.15, 0.2) is 0 Å². The van der Waals surface area contributed by atoms with Crippen molar-refractivity contribution in [3.8, 4) is 12.3 Å². The molecule has 0 radical (unpaired) electrons. The summed E-state index contributed by atoms with van der Waals surface area (Å²) in [7, 11) is 0. The SMILES string of the molecule is C#CCNc1cc(F)ccc1Br. The van der Waals surface area contributed by atoms with Crippen LogP contribution in [0.2, 0.25) is 0 Å². The van der Waals surface area contributed by atoms with E-state index >= 15 is 0 Å². The van der Waals surface area contributed by atoms with E-state index in [1.165, 1.54) is 12.1 Å². The Morgan fingerprint density at radius 2 is 2.33 bits per heavy atom. The molecule has 1 aromatic carbocycles. The van der Waals surface area contributed by atoms with E-state index in [1.54, 1.807) is 6.07 Å². The van der Waals surface area contributed by atoms with E-state index in [1.807, 2.05) is 0 Å². The zero-order valence-corrected chi connectivity index (χ0v) is 7.86. The van der Waals surface area contributed by atoms with Gasteiger partial charge in [0.25, 0.3) is 0 Å². The van der Waals surface area contributed by atoms with Crippen LogP contribution in [0.25, 0.3) is 0 Å². The maximum Gasteiger partial charge on any atom is 0.125 e. The fourth-order valence-electron chi connectivity index (χ4n) is 0.779. The van der Waals surface area contributed by atoms with Gasteiger partial charge < -0.3 is 5.32 Å². The summed E-state index contributed by atoms with van der Waals surface area (Å²) in [5.74, 6) is 2.13. The summed E-state index contributed by atoms with van der Waals surface area (Å²) in [4.78, 5) is 0. The van der Waals surface area contributed by atoms with E-state index in [0.29, 0.717) is 12.2 Å². The Morgan fingerprint density at radius 3 is 3.00 bits per heavy atom. The molecule has 0 saturated heterocycles. The van der Waals surface area contributed by atoms with Gasteiger partial charge in [0, 0.05) is 4.47 Å². The molecule has 0 atom stereocenters. The highest BCUT2D eigenvalue weighted by Gasteiger charge is 1.98. The van der Waals surface area contributed by atoms with E-state index in [0.717, 1.165) is 4.47 Å². The summed E-state index contributed by atoms with van der Waals surface area (Å²) in [6, 6.07) is 4.40. The standard InChI is InChI=1S/C9H7BrFN/c1-2-5-12-9-6-7(11)3-4-8(9)10/h1,3-4,6,12H,5H2. The van der Waals surface area contributed by atoms with Crippen molar-refractivity contribution in [1.29, 1.82) is 0 Å². The van der Waals surface area contributed by atoms with Crippen LogP contribution in [0.3, 0.4) is 0 Å². The van der Waals surface area contributed by atoms with Gasteiger partial charge in [-0.3, -0.25) is 0 Å². The average Bonchev–Trinajstić information content (AvgIpc) is 2.07. The number of nitrogens with one attached hydrogen (secondary N) is 1. The van der Waals surface area contributed by atoms with Gasteiger partial charge in [-0.1, -0.05) is 5.92 Å². The van der Waals surface area contributed by atoms with Crippen molar-refractivity contribution in [3.05, 3.63) is 28.5 Å². The van der Waals surface area contributed by atoms with Gasteiger partial charge in [0.05, 0.1) is 12.2 Å². The van der Waals surface area contributed by atoms with Gasteiger partial charge >= 0.3 is 0 Å². The number of benzene rings is 1. The predicted molar refractivity (Wildman–Crippen MR) is 51.4 cm³/mol. The molecule has 62 valence electrons. The molecule has 0 amide bonds. The molecule has 0 aliphatic rings. The smallest absolute Gasteiger partial charge is 0.125 e. The molecule has 12 heavy (non-hydrogen) atoms. The van der Waals surface area contributed by atoms with Crippen molar-refractivity contribution < 1.29 is 4.39 Å². The van der Waals surface area contributed by atoms with Gasteiger partial charge in [-0.05, 0) is 34.1 Å². The Bertz CT molecular complexity index is 317. The lowest BCUT2D eigenvalue weighted by Crippen LogP contribution is -1.99. The minimum atomic E-state index is -0.280. The van der Waals surface area contributed by atoms with Crippen LogP contribution in [0.4, 0.5) is 10.1 Å². The summed E-state index contributed by atoms with van der Waals surface area (Å²) in [5, 5.41) is 2.88. The van der Waals surface area contributed by atoms with Crippen LogP contribution >= 0.6 is 15.9 Å². The fraction of sp³-hybridized carbons (Fsp3) is 0.111. The molecule has 0 heterocycles. The van der Waals surface area contributed by atoms with E-state index in [9.17, 15) is 4.39 Å². The molecule has 0 saturated carbocycles. The van der Waals surface area contributed by atoms with Crippen molar-refractivity contribution in [2.75, 3.05) is 11.9 Å². The lowest BCUT2D eigenvalue weighted by Gasteiger charge is -2.04. The van der Waals surface area contributed by atoms with Crippen molar-refractivity contribution in [2.24, 2.45) is 0 Å². The highest BCUT2D eigenvalue weighted by atomic mass is 79.9. The first kappa shape index (κ1) is 9.08. The van der Waals surface area contributed by atoms with Gasteiger partial charge in [-0.15, -0.1) is 6.42 Å². The molecule has 1 nitrogen and oxygen atoms in total.